The van der Waals surface area contributed by atoms with Crippen molar-refractivity contribution in [3.63, 3.8) is 0 Å². The minimum absolute atomic E-state index is 0.0224. The number of benzene rings is 1. The first-order chi connectivity index (χ1) is 8.77. The molecule has 106 valence electrons. The van der Waals surface area contributed by atoms with E-state index in [2.05, 4.69) is 0 Å². The molecule has 0 heterocycles. The third-order valence-corrected chi connectivity index (χ3v) is 2.86. The maximum absolute atomic E-state index is 11.8. The van der Waals surface area contributed by atoms with Gasteiger partial charge in [0.25, 0.3) is 0 Å². The van der Waals surface area contributed by atoms with Crippen molar-refractivity contribution in [2.75, 3.05) is 6.61 Å². The molecular formula is C15H23NO3. The van der Waals surface area contributed by atoms with Crippen LogP contribution in [0.3, 0.4) is 0 Å². The Kier molecular flexibility index (Phi) is 4.95. The first kappa shape index (κ1) is 15.5. The summed E-state index contributed by atoms with van der Waals surface area (Å²) in [5.41, 5.74) is 6.82. The number of ether oxygens (including phenoxy) is 2. The average molecular weight is 265 g/mol. The molecular weight excluding hydrogens is 242 g/mol. The zero-order valence-electron chi connectivity index (χ0n) is 12.3. The highest BCUT2D eigenvalue weighted by Gasteiger charge is 2.32. The fourth-order valence-electron chi connectivity index (χ4n) is 1.69. The van der Waals surface area contributed by atoms with Crippen molar-refractivity contribution in [2.24, 2.45) is 5.73 Å². The number of hydrogen-bond donors (Lipinski definition) is 1. The Morgan fingerprint density at radius 3 is 2.53 bits per heavy atom. The summed E-state index contributed by atoms with van der Waals surface area (Å²) in [7, 11) is 0. The molecule has 0 bridgehead atoms. The van der Waals surface area contributed by atoms with E-state index in [-0.39, 0.29) is 12.0 Å². The van der Waals surface area contributed by atoms with Crippen LogP contribution in [0.25, 0.3) is 0 Å². The van der Waals surface area contributed by atoms with Gasteiger partial charge in [-0.1, -0.05) is 12.1 Å². The largest absolute Gasteiger partial charge is 0.476 e. The molecule has 1 unspecified atom stereocenters. The van der Waals surface area contributed by atoms with Gasteiger partial charge in [-0.3, -0.25) is 0 Å². The second kappa shape index (κ2) is 6.06. The van der Waals surface area contributed by atoms with E-state index < -0.39 is 5.60 Å². The maximum atomic E-state index is 11.8. The fraction of sp³-hybridized carbons (Fsp3) is 0.533. The van der Waals surface area contributed by atoms with Gasteiger partial charge in [0.2, 0.25) is 0 Å². The average Bonchev–Trinajstić information content (AvgIpc) is 2.31. The van der Waals surface area contributed by atoms with Crippen molar-refractivity contribution in [1.29, 1.82) is 0 Å². The van der Waals surface area contributed by atoms with Crippen LogP contribution in [0.4, 0.5) is 0 Å². The minimum Gasteiger partial charge on any atom is -0.476 e. The lowest BCUT2D eigenvalue weighted by atomic mass is 10.0. The maximum Gasteiger partial charge on any atom is 0.349 e. The molecule has 0 saturated heterocycles. The topological polar surface area (TPSA) is 61.5 Å². The van der Waals surface area contributed by atoms with Gasteiger partial charge in [-0.2, -0.15) is 0 Å². The molecule has 0 amide bonds. The molecule has 0 aliphatic carbocycles. The van der Waals surface area contributed by atoms with E-state index in [0.29, 0.717) is 12.4 Å². The highest BCUT2D eigenvalue weighted by atomic mass is 16.6. The summed E-state index contributed by atoms with van der Waals surface area (Å²) in [5.74, 6) is 0.299. The van der Waals surface area contributed by atoms with Gasteiger partial charge in [0.05, 0.1) is 6.61 Å². The molecule has 0 aliphatic rings. The van der Waals surface area contributed by atoms with Crippen LogP contribution in [0.2, 0.25) is 0 Å². The van der Waals surface area contributed by atoms with Gasteiger partial charge in [0.1, 0.15) is 5.75 Å². The summed E-state index contributed by atoms with van der Waals surface area (Å²) < 4.78 is 10.8. The van der Waals surface area contributed by atoms with E-state index in [0.717, 1.165) is 11.1 Å². The Balaban J connectivity index is 2.90. The number of carbonyl (C=O) groups is 1. The summed E-state index contributed by atoms with van der Waals surface area (Å²) in [5, 5.41) is 0. The van der Waals surface area contributed by atoms with Gasteiger partial charge in [0, 0.05) is 6.04 Å². The van der Waals surface area contributed by atoms with Gasteiger partial charge in [0.15, 0.2) is 5.60 Å². The Labute approximate surface area is 114 Å². The van der Waals surface area contributed by atoms with Gasteiger partial charge < -0.3 is 15.2 Å². The Morgan fingerprint density at radius 1 is 1.42 bits per heavy atom. The molecule has 1 rings (SSSR count). The molecule has 4 nitrogen and oxygen atoms in total. The van der Waals surface area contributed by atoms with Gasteiger partial charge in [-0.25, -0.2) is 4.79 Å². The first-order valence-electron chi connectivity index (χ1n) is 6.50. The van der Waals surface area contributed by atoms with Gasteiger partial charge in [-0.15, -0.1) is 0 Å². The first-order valence-corrected chi connectivity index (χ1v) is 6.50. The third-order valence-electron chi connectivity index (χ3n) is 2.86. The standard InChI is InChI=1S/C15H23NO3/c1-6-18-14(17)15(4,5)19-13-8-7-12(11(3)16)9-10(13)2/h7-9,11H,6,16H2,1-5H3. The zero-order chi connectivity index (χ0) is 14.6. The van der Waals surface area contributed by atoms with E-state index in [4.69, 9.17) is 15.2 Å². The van der Waals surface area contributed by atoms with E-state index in [1.165, 1.54) is 0 Å². The van der Waals surface area contributed by atoms with Crippen molar-refractivity contribution >= 4 is 5.97 Å². The summed E-state index contributed by atoms with van der Waals surface area (Å²) in [6, 6.07) is 5.70. The molecule has 1 atom stereocenters. The number of rotatable bonds is 5. The lowest BCUT2D eigenvalue weighted by Gasteiger charge is -2.25. The molecule has 0 radical (unpaired) electrons. The van der Waals surface area contributed by atoms with Crippen LogP contribution in [0.1, 0.15) is 44.9 Å². The van der Waals surface area contributed by atoms with Crippen LogP contribution in [0, 0.1) is 6.92 Å². The fourth-order valence-corrected chi connectivity index (χ4v) is 1.69. The number of hydrogen-bond acceptors (Lipinski definition) is 4. The molecule has 0 aliphatic heterocycles. The van der Waals surface area contributed by atoms with E-state index in [1.807, 2.05) is 32.0 Å². The highest BCUT2D eigenvalue weighted by molar-refractivity contribution is 5.79. The van der Waals surface area contributed by atoms with Crippen LogP contribution >= 0.6 is 0 Å². The number of carbonyl (C=O) groups excluding carboxylic acids is 1. The number of esters is 1. The summed E-state index contributed by atoms with van der Waals surface area (Å²) in [4.78, 5) is 11.8. The summed E-state index contributed by atoms with van der Waals surface area (Å²) in [6.45, 7) is 9.37. The molecule has 0 saturated carbocycles. The Morgan fingerprint density at radius 2 is 2.05 bits per heavy atom. The molecule has 1 aromatic carbocycles. The van der Waals surface area contributed by atoms with E-state index in [9.17, 15) is 4.79 Å². The molecule has 1 aromatic rings. The SMILES string of the molecule is CCOC(=O)C(C)(C)Oc1ccc(C(C)N)cc1C. The van der Waals surface area contributed by atoms with Gasteiger partial charge >= 0.3 is 5.97 Å². The normalized spacial score (nSPS) is 12.9. The third kappa shape index (κ3) is 3.96. The second-order valence-corrected chi connectivity index (χ2v) is 5.15. The van der Waals surface area contributed by atoms with E-state index >= 15 is 0 Å². The van der Waals surface area contributed by atoms with Crippen LogP contribution in [-0.2, 0) is 9.53 Å². The van der Waals surface area contributed by atoms with Crippen molar-refractivity contribution in [2.45, 2.75) is 46.3 Å². The van der Waals surface area contributed by atoms with Crippen LogP contribution in [0.5, 0.6) is 5.75 Å². The predicted octanol–water partition coefficient (Wildman–Crippen LogP) is 2.74. The Bertz CT molecular complexity index is 453. The monoisotopic (exact) mass is 265 g/mol. The van der Waals surface area contributed by atoms with Gasteiger partial charge in [-0.05, 0) is 51.8 Å². The van der Waals surface area contributed by atoms with Crippen LogP contribution in [-0.4, -0.2) is 18.2 Å². The molecule has 0 fully saturated rings. The summed E-state index contributed by atoms with van der Waals surface area (Å²) >= 11 is 0. The highest BCUT2D eigenvalue weighted by Crippen LogP contribution is 2.26. The predicted molar refractivity (Wildman–Crippen MR) is 75.1 cm³/mol. The van der Waals surface area contributed by atoms with E-state index in [1.54, 1.807) is 20.8 Å². The lowest BCUT2D eigenvalue weighted by molar-refractivity contribution is -0.158. The lowest BCUT2D eigenvalue weighted by Crippen LogP contribution is -2.39. The smallest absolute Gasteiger partial charge is 0.349 e. The minimum atomic E-state index is -1.00. The van der Waals surface area contributed by atoms with Crippen molar-refractivity contribution in [3.05, 3.63) is 29.3 Å². The summed E-state index contributed by atoms with van der Waals surface area (Å²) in [6.07, 6.45) is 0. The number of aryl methyl sites for hydroxylation is 1. The van der Waals surface area contributed by atoms with Crippen molar-refractivity contribution in [1.82, 2.24) is 0 Å². The van der Waals surface area contributed by atoms with Crippen molar-refractivity contribution in [3.8, 4) is 5.75 Å². The Hall–Kier alpha value is -1.55. The molecule has 19 heavy (non-hydrogen) atoms. The molecule has 0 aromatic heterocycles. The van der Waals surface area contributed by atoms with Crippen molar-refractivity contribution < 1.29 is 14.3 Å². The second-order valence-electron chi connectivity index (χ2n) is 5.15. The molecule has 4 heteroatoms. The van der Waals surface area contributed by atoms with Crippen LogP contribution in [0.15, 0.2) is 18.2 Å². The quantitative estimate of drug-likeness (QED) is 0.831. The molecule has 2 N–H and O–H groups in total. The zero-order valence-corrected chi connectivity index (χ0v) is 12.3. The number of nitrogens with two attached hydrogens (primary N) is 1. The van der Waals surface area contributed by atoms with Crippen LogP contribution < -0.4 is 10.5 Å². The molecule has 0 spiro atoms.